The number of hydrogen-bond donors (Lipinski definition) is 1. The van der Waals surface area contributed by atoms with Gasteiger partial charge in [0, 0.05) is 13.1 Å². The average Bonchev–Trinajstić information content (AvgIpc) is 2.53. The van der Waals surface area contributed by atoms with Crippen LogP contribution in [0, 0.1) is 0 Å². The van der Waals surface area contributed by atoms with E-state index in [1.807, 2.05) is 24.3 Å². The van der Waals surface area contributed by atoms with Gasteiger partial charge in [0.05, 0.1) is 17.9 Å². The molecule has 0 saturated carbocycles. The molecular formula is C14H19NO4S. The fourth-order valence-corrected chi connectivity index (χ4v) is 3.75. The first kappa shape index (κ1) is 15.0. The van der Waals surface area contributed by atoms with Crippen LogP contribution in [0.3, 0.4) is 0 Å². The Labute approximate surface area is 119 Å². The van der Waals surface area contributed by atoms with Gasteiger partial charge in [-0.25, -0.2) is 8.42 Å². The summed E-state index contributed by atoms with van der Waals surface area (Å²) in [5.74, 6) is -0.412. The number of carboxylic acids is 1. The maximum Gasteiger partial charge on any atom is 0.307 e. The topological polar surface area (TPSA) is 74.7 Å². The second-order valence-corrected chi connectivity index (χ2v) is 7.42. The largest absolute Gasteiger partial charge is 0.481 e. The van der Waals surface area contributed by atoms with Crippen LogP contribution in [0.2, 0.25) is 0 Å². The molecule has 1 saturated heterocycles. The number of rotatable bonds is 4. The maximum atomic E-state index is 11.6. The number of nitrogens with zero attached hydrogens (tertiary/aromatic N) is 1. The molecule has 0 bridgehead atoms. The number of hydrogen-bond acceptors (Lipinski definition) is 4. The number of aliphatic carboxylic acids is 1. The van der Waals surface area contributed by atoms with Crippen LogP contribution in [0.4, 0.5) is 0 Å². The monoisotopic (exact) mass is 297 g/mol. The zero-order valence-corrected chi connectivity index (χ0v) is 12.1. The molecule has 2 rings (SSSR count). The maximum absolute atomic E-state index is 11.6. The number of carbonyl (C=O) groups is 1. The zero-order chi connectivity index (χ0) is 14.6. The summed E-state index contributed by atoms with van der Waals surface area (Å²) in [5, 5.41) is 8.92. The van der Waals surface area contributed by atoms with E-state index in [0.717, 1.165) is 17.7 Å². The molecule has 0 unspecified atom stereocenters. The third-order valence-corrected chi connectivity index (χ3v) is 5.22. The fourth-order valence-electron chi connectivity index (χ4n) is 2.44. The van der Waals surface area contributed by atoms with Crippen LogP contribution in [0.1, 0.15) is 17.5 Å². The normalized spacial score (nSPS) is 19.4. The lowest BCUT2D eigenvalue weighted by Gasteiger charge is -2.20. The molecule has 20 heavy (non-hydrogen) atoms. The van der Waals surface area contributed by atoms with Crippen LogP contribution in [0.25, 0.3) is 0 Å². The van der Waals surface area contributed by atoms with Crippen molar-refractivity contribution in [1.82, 2.24) is 4.90 Å². The van der Waals surface area contributed by atoms with E-state index in [0.29, 0.717) is 19.5 Å². The van der Waals surface area contributed by atoms with E-state index < -0.39 is 15.8 Å². The van der Waals surface area contributed by atoms with Crippen molar-refractivity contribution >= 4 is 15.8 Å². The third-order valence-electron chi connectivity index (χ3n) is 3.50. The Hall–Kier alpha value is -1.40. The zero-order valence-electron chi connectivity index (χ0n) is 11.3. The molecule has 1 heterocycles. The van der Waals surface area contributed by atoms with E-state index in [1.165, 1.54) is 0 Å². The molecular weight excluding hydrogens is 278 g/mol. The van der Waals surface area contributed by atoms with E-state index in [1.54, 1.807) is 0 Å². The van der Waals surface area contributed by atoms with Gasteiger partial charge in [-0.05, 0) is 24.1 Å². The van der Waals surface area contributed by atoms with Crippen molar-refractivity contribution in [3.8, 4) is 0 Å². The molecule has 1 aliphatic heterocycles. The van der Waals surface area contributed by atoms with Gasteiger partial charge in [0.15, 0.2) is 9.84 Å². The summed E-state index contributed by atoms with van der Waals surface area (Å²) in [7, 11) is -2.91. The highest BCUT2D eigenvalue weighted by molar-refractivity contribution is 7.91. The van der Waals surface area contributed by atoms with E-state index >= 15 is 0 Å². The molecule has 5 nitrogen and oxygen atoms in total. The predicted octanol–water partition coefficient (Wildman–Crippen LogP) is 0.934. The highest BCUT2D eigenvalue weighted by Crippen LogP contribution is 2.15. The standard InChI is InChI=1S/C14H19NO4S/c16-14(17)10-12-4-1-2-5-13(12)11-15-6-3-8-20(18,19)9-7-15/h1-2,4-5H,3,6-11H2,(H,16,17). The van der Waals surface area contributed by atoms with Crippen molar-refractivity contribution in [2.75, 3.05) is 24.6 Å². The molecule has 1 fully saturated rings. The summed E-state index contributed by atoms with van der Waals surface area (Å²) in [6.07, 6.45) is 0.645. The van der Waals surface area contributed by atoms with Gasteiger partial charge in [0.1, 0.15) is 0 Å². The van der Waals surface area contributed by atoms with Crippen molar-refractivity contribution in [3.63, 3.8) is 0 Å². The lowest BCUT2D eigenvalue weighted by molar-refractivity contribution is -0.136. The van der Waals surface area contributed by atoms with Crippen LogP contribution in [-0.2, 0) is 27.6 Å². The molecule has 6 heteroatoms. The van der Waals surface area contributed by atoms with Gasteiger partial charge in [0.25, 0.3) is 0 Å². The molecule has 110 valence electrons. The highest BCUT2D eigenvalue weighted by atomic mass is 32.2. The first-order valence-electron chi connectivity index (χ1n) is 6.68. The Morgan fingerprint density at radius 3 is 2.55 bits per heavy atom. The molecule has 1 aliphatic rings. The Morgan fingerprint density at radius 1 is 1.15 bits per heavy atom. The van der Waals surface area contributed by atoms with Crippen molar-refractivity contribution in [2.24, 2.45) is 0 Å². The van der Waals surface area contributed by atoms with Gasteiger partial charge < -0.3 is 5.11 Å². The summed E-state index contributed by atoms with van der Waals surface area (Å²) in [5.41, 5.74) is 1.77. The average molecular weight is 297 g/mol. The van der Waals surface area contributed by atoms with Crippen molar-refractivity contribution < 1.29 is 18.3 Å². The molecule has 1 N–H and O–H groups in total. The van der Waals surface area contributed by atoms with E-state index in [9.17, 15) is 13.2 Å². The van der Waals surface area contributed by atoms with Crippen LogP contribution in [0.5, 0.6) is 0 Å². The predicted molar refractivity (Wildman–Crippen MR) is 76.3 cm³/mol. The van der Waals surface area contributed by atoms with Gasteiger partial charge in [-0.3, -0.25) is 9.69 Å². The number of sulfone groups is 1. The Morgan fingerprint density at radius 2 is 1.85 bits per heavy atom. The molecule has 0 spiro atoms. The molecule has 0 atom stereocenters. The summed E-state index contributed by atoms with van der Waals surface area (Å²) in [6, 6.07) is 7.44. The second kappa shape index (κ2) is 6.37. The Bertz CT molecular complexity index is 583. The molecule has 1 aromatic rings. The van der Waals surface area contributed by atoms with E-state index in [4.69, 9.17) is 5.11 Å². The fraction of sp³-hybridized carbons (Fsp3) is 0.500. The van der Waals surface area contributed by atoms with Crippen molar-refractivity contribution in [2.45, 2.75) is 19.4 Å². The van der Waals surface area contributed by atoms with Gasteiger partial charge in [-0.15, -0.1) is 0 Å². The summed E-state index contributed by atoms with van der Waals surface area (Å²) in [6.45, 7) is 1.86. The van der Waals surface area contributed by atoms with Gasteiger partial charge in [0.2, 0.25) is 0 Å². The number of benzene rings is 1. The molecule has 0 aliphatic carbocycles. The highest BCUT2D eigenvalue weighted by Gasteiger charge is 2.19. The van der Waals surface area contributed by atoms with Gasteiger partial charge in [-0.1, -0.05) is 24.3 Å². The third kappa shape index (κ3) is 4.31. The summed E-state index contributed by atoms with van der Waals surface area (Å²) < 4.78 is 23.2. The minimum Gasteiger partial charge on any atom is -0.481 e. The van der Waals surface area contributed by atoms with E-state index in [-0.39, 0.29) is 17.9 Å². The Balaban J connectivity index is 2.08. The summed E-state index contributed by atoms with van der Waals surface area (Å²) >= 11 is 0. The smallest absolute Gasteiger partial charge is 0.307 e. The molecule has 0 aromatic heterocycles. The quantitative estimate of drug-likeness (QED) is 0.895. The lowest BCUT2D eigenvalue weighted by atomic mass is 10.0. The van der Waals surface area contributed by atoms with Crippen LogP contribution < -0.4 is 0 Å². The minimum atomic E-state index is -2.91. The first-order chi connectivity index (χ1) is 9.46. The van der Waals surface area contributed by atoms with E-state index in [2.05, 4.69) is 4.90 Å². The molecule has 0 amide bonds. The van der Waals surface area contributed by atoms with Crippen LogP contribution >= 0.6 is 0 Å². The Kier molecular flexibility index (Phi) is 4.77. The van der Waals surface area contributed by atoms with Gasteiger partial charge >= 0.3 is 5.97 Å². The summed E-state index contributed by atoms with van der Waals surface area (Å²) in [4.78, 5) is 12.9. The van der Waals surface area contributed by atoms with Gasteiger partial charge in [-0.2, -0.15) is 0 Å². The molecule has 1 aromatic carbocycles. The van der Waals surface area contributed by atoms with Crippen LogP contribution in [-0.4, -0.2) is 49.0 Å². The number of carboxylic acid groups (broad SMARTS) is 1. The second-order valence-electron chi connectivity index (χ2n) is 5.12. The van der Waals surface area contributed by atoms with Crippen molar-refractivity contribution in [1.29, 1.82) is 0 Å². The van der Waals surface area contributed by atoms with Crippen LogP contribution in [0.15, 0.2) is 24.3 Å². The molecule has 0 radical (unpaired) electrons. The van der Waals surface area contributed by atoms with Crippen molar-refractivity contribution in [3.05, 3.63) is 35.4 Å². The first-order valence-corrected chi connectivity index (χ1v) is 8.50. The lowest BCUT2D eigenvalue weighted by Crippen LogP contribution is -2.27. The minimum absolute atomic E-state index is 0.00229. The SMILES string of the molecule is O=C(O)Cc1ccccc1CN1CCCS(=O)(=O)CC1.